The zero-order chi connectivity index (χ0) is 24.0. The van der Waals surface area contributed by atoms with Crippen LogP contribution in [0.25, 0.3) is 16.8 Å². The maximum absolute atomic E-state index is 14.5. The highest BCUT2D eigenvalue weighted by Gasteiger charge is 2.40. The molecule has 1 saturated heterocycles. The summed E-state index contributed by atoms with van der Waals surface area (Å²) in [5.74, 6) is -0.466. The number of benzene rings is 1. The number of aromatic nitrogens is 3. The fourth-order valence-electron chi connectivity index (χ4n) is 4.28. The molecule has 1 N–H and O–H groups in total. The van der Waals surface area contributed by atoms with Crippen molar-refractivity contribution in [2.24, 2.45) is 0 Å². The van der Waals surface area contributed by atoms with Gasteiger partial charge in [0.2, 0.25) is 0 Å². The fourth-order valence-corrected chi connectivity index (χ4v) is 4.28. The van der Waals surface area contributed by atoms with Crippen molar-refractivity contribution < 1.29 is 23.4 Å². The molecule has 0 aliphatic carbocycles. The third kappa shape index (κ3) is 4.32. The standard InChI is InChI=1S/C21H19B3FN5O4/c1-32-16-7-14-10-33-19-17(34-21(22,23)24)9-30-18(28-19)15(8-27-30)11-4-12(25)6-13(5-11)26-2-3-29(14)20(16)31/h4-6,8-9,14,16,26H,2-3,7,10H2,1H3/t14-,16+/m0/s1. The van der Waals surface area contributed by atoms with Crippen LogP contribution in [0.15, 0.2) is 30.6 Å². The van der Waals surface area contributed by atoms with Gasteiger partial charge in [-0.05, 0) is 29.1 Å². The molecule has 1 amide bonds. The van der Waals surface area contributed by atoms with Gasteiger partial charge in [-0.1, -0.05) is 0 Å². The molecular weight excluding hydrogens is 438 g/mol. The van der Waals surface area contributed by atoms with E-state index in [1.54, 1.807) is 17.2 Å². The molecule has 2 atom stereocenters. The molecule has 0 spiro atoms. The summed E-state index contributed by atoms with van der Waals surface area (Å²) >= 11 is 0. The van der Waals surface area contributed by atoms with Gasteiger partial charge in [0.05, 0.1) is 18.4 Å². The first kappa shape index (κ1) is 22.6. The molecule has 4 bridgehead atoms. The Hall–Kier alpha value is -3.21. The zero-order valence-corrected chi connectivity index (χ0v) is 18.4. The quantitative estimate of drug-likeness (QED) is 0.572. The van der Waals surface area contributed by atoms with E-state index >= 15 is 0 Å². The number of nitrogens with one attached hydrogen (secondary N) is 1. The molecule has 3 aromatic rings. The minimum atomic E-state index is -2.00. The SMILES string of the molecule is [B]C([B])([B])Oc1cn2ncc3c2nc1OC[C@@H]1C[C@@H](OC)C(=O)N1CCNc1cc(F)cc-3c1. The minimum Gasteiger partial charge on any atom is -0.510 e. The van der Waals surface area contributed by atoms with E-state index < -0.39 is 17.2 Å². The van der Waals surface area contributed by atoms with Crippen molar-refractivity contribution in [3.05, 3.63) is 36.4 Å². The van der Waals surface area contributed by atoms with Crippen LogP contribution in [0, 0.1) is 5.82 Å². The van der Waals surface area contributed by atoms with Gasteiger partial charge in [0.25, 0.3) is 11.8 Å². The van der Waals surface area contributed by atoms with Crippen LogP contribution in [0.4, 0.5) is 10.1 Å². The molecule has 13 heteroatoms. The highest BCUT2D eigenvalue weighted by molar-refractivity contribution is 6.58. The van der Waals surface area contributed by atoms with E-state index in [1.165, 1.54) is 30.0 Å². The van der Waals surface area contributed by atoms with E-state index in [9.17, 15) is 9.18 Å². The summed E-state index contributed by atoms with van der Waals surface area (Å²) in [4.78, 5) is 19.0. The summed E-state index contributed by atoms with van der Waals surface area (Å²) in [7, 11) is 18.4. The lowest BCUT2D eigenvalue weighted by atomic mass is 9.52. The Bertz CT molecular complexity index is 1250. The van der Waals surface area contributed by atoms with Crippen LogP contribution in [0.1, 0.15) is 6.42 Å². The lowest BCUT2D eigenvalue weighted by Crippen LogP contribution is -2.41. The Labute approximate surface area is 199 Å². The number of amides is 1. The molecule has 1 aromatic carbocycles. The number of carbonyl (C=O) groups is 1. The smallest absolute Gasteiger partial charge is 0.260 e. The normalized spacial score (nSPS) is 20.5. The van der Waals surface area contributed by atoms with Crippen molar-refractivity contribution in [2.45, 2.75) is 23.9 Å². The number of fused-ring (bicyclic) bond motifs is 5. The number of methoxy groups -OCH3 is 1. The van der Waals surface area contributed by atoms with Crippen LogP contribution in [0.2, 0.25) is 0 Å². The van der Waals surface area contributed by atoms with Gasteiger partial charge >= 0.3 is 0 Å². The average molecular weight is 457 g/mol. The third-order valence-corrected chi connectivity index (χ3v) is 5.79. The summed E-state index contributed by atoms with van der Waals surface area (Å²) in [6.07, 6.45) is 2.89. The first-order valence-corrected chi connectivity index (χ1v) is 10.7. The Morgan fingerprint density at radius 2 is 2.12 bits per heavy atom. The first-order valence-electron chi connectivity index (χ1n) is 10.7. The maximum atomic E-state index is 14.5. The number of ether oxygens (including phenoxy) is 3. The second-order valence-electron chi connectivity index (χ2n) is 8.30. The summed E-state index contributed by atoms with van der Waals surface area (Å²) in [5, 5.41) is 5.48. The second-order valence-corrected chi connectivity index (χ2v) is 8.30. The van der Waals surface area contributed by atoms with Crippen LogP contribution in [-0.4, -0.2) is 93.2 Å². The summed E-state index contributed by atoms with van der Waals surface area (Å²) in [6, 6.07) is 4.26. The third-order valence-electron chi connectivity index (χ3n) is 5.79. The monoisotopic (exact) mass is 457 g/mol. The predicted octanol–water partition coefficient (Wildman–Crippen LogP) is 0.451. The van der Waals surface area contributed by atoms with Crippen LogP contribution in [0.3, 0.4) is 0 Å². The average Bonchev–Trinajstić information content (AvgIpc) is 3.30. The number of rotatable bonds is 3. The minimum absolute atomic E-state index is 0.0556. The number of hydrogen-bond donors (Lipinski definition) is 1. The Balaban J connectivity index is 1.63. The summed E-state index contributed by atoms with van der Waals surface area (Å²) < 4.78 is 32.7. The number of nitrogens with zero attached hydrogens (tertiary/aromatic N) is 4. The van der Waals surface area contributed by atoms with Gasteiger partial charge in [-0.15, -0.1) is 0 Å². The zero-order valence-electron chi connectivity index (χ0n) is 18.4. The van der Waals surface area contributed by atoms with E-state index in [2.05, 4.69) is 15.4 Å². The first-order chi connectivity index (χ1) is 16.2. The molecule has 168 valence electrons. The van der Waals surface area contributed by atoms with Crippen molar-refractivity contribution >= 4 is 40.8 Å². The molecule has 5 rings (SSSR count). The van der Waals surface area contributed by atoms with Gasteiger partial charge in [-0.3, -0.25) is 4.79 Å². The Morgan fingerprint density at radius 1 is 1.29 bits per heavy atom. The summed E-state index contributed by atoms with van der Waals surface area (Å²) in [5.41, 5.74) is 2.09. The molecule has 2 aliphatic rings. The van der Waals surface area contributed by atoms with Gasteiger partial charge in [-0.2, -0.15) is 10.1 Å². The topological polar surface area (TPSA) is 90.2 Å². The molecule has 6 radical (unpaired) electrons. The number of halogens is 1. The predicted molar refractivity (Wildman–Crippen MR) is 124 cm³/mol. The number of anilines is 1. The van der Waals surface area contributed by atoms with Crippen molar-refractivity contribution in [3.63, 3.8) is 0 Å². The molecule has 0 saturated carbocycles. The van der Waals surface area contributed by atoms with Gasteiger partial charge in [0.1, 0.15) is 42.1 Å². The van der Waals surface area contributed by atoms with Crippen LogP contribution in [0.5, 0.6) is 11.6 Å². The Kier molecular flexibility index (Phi) is 5.67. The molecule has 0 unspecified atom stereocenters. The molecular formula is C21H19B3FN5O4. The molecule has 1 fully saturated rings. The van der Waals surface area contributed by atoms with Gasteiger partial charge < -0.3 is 24.4 Å². The van der Waals surface area contributed by atoms with E-state index in [0.29, 0.717) is 42.0 Å². The number of hydrogen-bond acceptors (Lipinski definition) is 7. The second kappa shape index (κ2) is 8.54. The van der Waals surface area contributed by atoms with Crippen LogP contribution in [-0.2, 0) is 9.53 Å². The van der Waals surface area contributed by atoms with E-state index in [-0.39, 0.29) is 30.2 Å². The molecule has 4 heterocycles. The summed E-state index contributed by atoms with van der Waals surface area (Å²) in [6.45, 7) is 0.880. The van der Waals surface area contributed by atoms with E-state index in [4.69, 9.17) is 37.7 Å². The van der Waals surface area contributed by atoms with E-state index in [1.807, 2.05) is 0 Å². The van der Waals surface area contributed by atoms with Crippen LogP contribution < -0.4 is 14.8 Å². The molecule has 2 aromatic heterocycles. The fraction of sp³-hybridized carbons (Fsp3) is 0.381. The largest absolute Gasteiger partial charge is 0.510 e. The number of carbonyl (C=O) groups excluding carboxylic acids is 1. The maximum Gasteiger partial charge on any atom is 0.260 e. The molecule has 34 heavy (non-hydrogen) atoms. The van der Waals surface area contributed by atoms with Crippen LogP contribution >= 0.6 is 0 Å². The molecule has 2 aliphatic heterocycles. The van der Waals surface area contributed by atoms with Gasteiger partial charge in [0, 0.05) is 37.9 Å². The van der Waals surface area contributed by atoms with Crippen molar-refractivity contribution in [3.8, 4) is 22.8 Å². The molecule has 9 nitrogen and oxygen atoms in total. The lowest BCUT2D eigenvalue weighted by Gasteiger charge is -2.27. The van der Waals surface area contributed by atoms with Gasteiger partial charge in [-0.25, -0.2) is 8.91 Å². The highest BCUT2D eigenvalue weighted by atomic mass is 19.1. The van der Waals surface area contributed by atoms with Crippen molar-refractivity contribution in [1.29, 1.82) is 0 Å². The van der Waals surface area contributed by atoms with Crippen molar-refractivity contribution in [2.75, 3.05) is 32.1 Å². The van der Waals surface area contributed by atoms with Crippen molar-refractivity contribution in [1.82, 2.24) is 19.5 Å². The Morgan fingerprint density at radius 3 is 2.88 bits per heavy atom. The lowest BCUT2D eigenvalue weighted by molar-refractivity contribution is -0.136. The van der Waals surface area contributed by atoms with Gasteiger partial charge in [0.15, 0.2) is 11.4 Å². The van der Waals surface area contributed by atoms with E-state index in [0.717, 1.165) is 0 Å². The highest BCUT2D eigenvalue weighted by Crippen LogP contribution is 2.33.